The molecule has 0 spiro atoms. The summed E-state index contributed by atoms with van der Waals surface area (Å²) in [5.74, 6) is 0.440. The van der Waals surface area contributed by atoms with Crippen LogP contribution in [0.4, 0.5) is 5.00 Å². The number of thiophene rings is 1. The number of carbonyl (C=O) groups excluding carboxylic acids is 1. The summed E-state index contributed by atoms with van der Waals surface area (Å²) >= 11 is 1.50. The molecule has 2 aromatic rings. The van der Waals surface area contributed by atoms with E-state index in [9.17, 15) is 10.1 Å². The van der Waals surface area contributed by atoms with Crippen LogP contribution in [0.2, 0.25) is 0 Å². The summed E-state index contributed by atoms with van der Waals surface area (Å²) in [6.45, 7) is 1.60. The van der Waals surface area contributed by atoms with Gasteiger partial charge < -0.3 is 14.9 Å². The first-order valence-electron chi connectivity index (χ1n) is 8.78. The number of benzene rings is 1. The van der Waals surface area contributed by atoms with Gasteiger partial charge in [-0.2, -0.15) is 5.26 Å². The van der Waals surface area contributed by atoms with Gasteiger partial charge in [0.2, 0.25) is 0 Å². The van der Waals surface area contributed by atoms with E-state index in [1.54, 1.807) is 14.0 Å². The third-order valence-corrected chi connectivity index (χ3v) is 5.65. The van der Waals surface area contributed by atoms with E-state index in [4.69, 9.17) is 9.57 Å². The van der Waals surface area contributed by atoms with Crippen LogP contribution in [0.3, 0.4) is 0 Å². The number of carbonyl (C=O) groups is 1. The number of rotatable bonds is 6. The molecular formula is C20H21N3O3S. The molecule has 140 valence electrons. The normalized spacial score (nSPS) is 13.4. The average Bonchev–Trinajstić information content (AvgIpc) is 3.04. The highest BCUT2D eigenvalue weighted by Gasteiger charge is 2.21. The van der Waals surface area contributed by atoms with Crippen molar-refractivity contribution in [3.8, 4) is 11.8 Å². The second-order valence-corrected chi connectivity index (χ2v) is 7.36. The van der Waals surface area contributed by atoms with Crippen LogP contribution in [-0.4, -0.2) is 25.3 Å². The number of oxime groups is 1. The zero-order chi connectivity index (χ0) is 19.2. The molecule has 3 rings (SSSR count). The van der Waals surface area contributed by atoms with Crippen LogP contribution in [0.1, 0.15) is 41.3 Å². The van der Waals surface area contributed by atoms with Crippen molar-refractivity contribution < 1.29 is 14.4 Å². The van der Waals surface area contributed by atoms with Crippen LogP contribution in [0.15, 0.2) is 29.4 Å². The number of nitrogens with zero attached hydrogens (tertiary/aromatic N) is 2. The first kappa shape index (κ1) is 18.9. The summed E-state index contributed by atoms with van der Waals surface area (Å²) in [6, 6.07) is 9.65. The van der Waals surface area contributed by atoms with Crippen LogP contribution in [0.5, 0.6) is 5.75 Å². The molecule has 0 radical (unpaired) electrons. The van der Waals surface area contributed by atoms with Crippen molar-refractivity contribution in [2.24, 2.45) is 5.16 Å². The van der Waals surface area contributed by atoms with Gasteiger partial charge in [0.25, 0.3) is 5.91 Å². The lowest BCUT2D eigenvalue weighted by atomic mass is 9.96. The molecule has 6 nitrogen and oxygen atoms in total. The quantitative estimate of drug-likeness (QED) is 0.606. The molecule has 0 bridgehead atoms. The van der Waals surface area contributed by atoms with Gasteiger partial charge >= 0.3 is 0 Å². The number of nitriles is 1. The SMILES string of the molecule is COc1ccc(/C(C)=N\OCC(=O)Nc2sc3c(c2C#N)CCCC3)cc1. The lowest BCUT2D eigenvalue weighted by Gasteiger charge is -2.09. The maximum absolute atomic E-state index is 12.2. The van der Waals surface area contributed by atoms with E-state index in [0.717, 1.165) is 42.6 Å². The standard InChI is InChI=1S/C20H21N3O3S/c1-13(14-7-9-15(25-2)10-8-14)23-26-12-19(24)22-20-17(11-21)16-5-3-4-6-18(16)27-20/h7-10H,3-6,12H2,1-2H3,(H,22,24)/b23-13-. The van der Waals surface area contributed by atoms with Crippen molar-refractivity contribution in [3.05, 3.63) is 45.8 Å². The summed E-state index contributed by atoms with van der Waals surface area (Å²) in [5, 5.41) is 16.8. The minimum absolute atomic E-state index is 0.207. The highest BCUT2D eigenvalue weighted by Crippen LogP contribution is 2.37. The Bertz CT molecular complexity index is 894. The number of hydrogen-bond acceptors (Lipinski definition) is 6. The second-order valence-electron chi connectivity index (χ2n) is 6.25. The highest BCUT2D eigenvalue weighted by atomic mass is 32.1. The minimum Gasteiger partial charge on any atom is -0.497 e. The number of anilines is 1. The summed E-state index contributed by atoms with van der Waals surface area (Å²) in [7, 11) is 1.61. The van der Waals surface area contributed by atoms with E-state index < -0.39 is 0 Å². The largest absolute Gasteiger partial charge is 0.497 e. The number of hydrogen-bond donors (Lipinski definition) is 1. The molecule has 1 aliphatic rings. The first-order chi connectivity index (χ1) is 13.1. The fourth-order valence-corrected chi connectivity index (χ4v) is 4.26. The summed E-state index contributed by atoms with van der Waals surface area (Å²) in [4.78, 5) is 18.6. The molecule has 1 aromatic heterocycles. The zero-order valence-corrected chi connectivity index (χ0v) is 16.2. The van der Waals surface area contributed by atoms with Gasteiger partial charge in [0.1, 0.15) is 16.8 Å². The van der Waals surface area contributed by atoms with E-state index in [1.165, 1.54) is 16.2 Å². The molecule has 0 unspecified atom stereocenters. The molecule has 0 atom stereocenters. The fourth-order valence-electron chi connectivity index (χ4n) is 3.01. The molecule has 0 fully saturated rings. The Kier molecular flexibility index (Phi) is 6.09. The van der Waals surface area contributed by atoms with Crippen molar-refractivity contribution in [1.82, 2.24) is 0 Å². The topological polar surface area (TPSA) is 83.7 Å². The number of fused-ring (bicyclic) bond motifs is 1. The van der Waals surface area contributed by atoms with Gasteiger partial charge in [-0.25, -0.2) is 0 Å². The van der Waals surface area contributed by atoms with Gasteiger partial charge in [-0.05, 0) is 68.0 Å². The Morgan fingerprint density at radius 1 is 1.30 bits per heavy atom. The molecule has 0 aliphatic heterocycles. The van der Waals surface area contributed by atoms with E-state index in [0.29, 0.717) is 16.3 Å². The molecule has 27 heavy (non-hydrogen) atoms. The number of nitrogens with one attached hydrogen (secondary N) is 1. The third kappa shape index (κ3) is 4.47. The van der Waals surface area contributed by atoms with Crippen LogP contribution >= 0.6 is 11.3 Å². The Balaban J connectivity index is 1.58. The first-order valence-corrected chi connectivity index (χ1v) is 9.59. The summed E-state index contributed by atoms with van der Waals surface area (Å²) < 4.78 is 5.12. The molecule has 1 amide bonds. The van der Waals surface area contributed by atoms with Crippen molar-refractivity contribution in [1.29, 1.82) is 5.26 Å². The van der Waals surface area contributed by atoms with E-state index in [-0.39, 0.29) is 12.5 Å². The highest BCUT2D eigenvalue weighted by molar-refractivity contribution is 7.16. The van der Waals surface area contributed by atoms with E-state index in [1.807, 2.05) is 24.3 Å². The van der Waals surface area contributed by atoms with Crippen LogP contribution in [0.25, 0.3) is 0 Å². The lowest BCUT2D eigenvalue weighted by molar-refractivity contribution is -0.120. The van der Waals surface area contributed by atoms with Gasteiger partial charge in [-0.1, -0.05) is 5.16 Å². The van der Waals surface area contributed by atoms with Crippen LogP contribution < -0.4 is 10.1 Å². The smallest absolute Gasteiger partial charge is 0.265 e. The molecule has 0 saturated carbocycles. The van der Waals surface area contributed by atoms with Gasteiger partial charge in [0, 0.05) is 4.88 Å². The van der Waals surface area contributed by atoms with Crippen molar-refractivity contribution in [2.45, 2.75) is 32.6 Å². The molecule has 1 aromatic carbocycles. The molecule has 0 saturated heterocycles. The Hall–Kier alpha value is -2.85. The van der Waals surface area contributed by atoms with Gasteiger partial charge in [0.05, 0.1) is 18.4 Å². The monoisotopic (exact) mass is 383 g/mol. The maximum atomic E-state index is 12.2. The predicted octanol–water partition coefficient (Wildman–Crippen LogP) is 3.89. The molecule has 1 heterocycles. The van der Waals surface area contributed by atoms with Crippen molar-refractivity contribution in [3.63, 3.8) is 0 Å². The number of aryl methyl sites for hydroxylation is 1. The molecule has 1 aliphatic carbocycles. The number of methoxy groups -OCH3 is 1. The maximum Gasteiger partial charge on any atom is 0.265 e. The summed E-state index contributed by atoms with van der Waals surface area (Å²) in [6.07, 6.45) is 4.11. The molecular weight excluding hydrogens is 362 g/mol. The number of ether oxygens (including phenoxy) is 1. The Labute approximate surface area is 162 Å². The Morgan fingerprint density at radius 2 is 2.04 bits per heavy atom. The predicted molar refractivity (Wildman–Crippen MR) is 105 cm³/mol. The minimum atomic E-state index is -0.323. The second kappa shape index (κ2) is 8.69. The average molecular weight is 383 g/mol. The zero-order valence-electron chi connectivity index (χ0n) is 15.4. The van der Waals surface area contributed by atoms with E-state index >= 15 is 0 Å². The van der Waals surface area contributed by atoms with Crippen molar-refractivity contribution in [2.75, 3.05) is 19.0 Å². The molecule has 7 heteroatoms. The lowest BCUT2D eigenvalue weighted by Crippen LogP contribution is -2.17. The van der Waals surface area contributed by atoms with E-state index in [2.05, 4.69) is 16.5 Å². The fraction of sp³-hybridized carbons (Fsp3) is 0.350. The van der Waals surface area contributed by atoms with Crippen molar-refractivity contribution >= 4 is 28.0 Å². The molecule has 1 N–H and O–H groups in total. The van der Waals surface area contributed by atoms with Crippen LogP contribution in [-0.2, 0) is 22.5 Å². The van der Waals surface area contributed by atoms with Gasteiger partial charge in [-0.3, -0.25) is 4.79 Å². The summed E-state index contributed by atoms with van der Waals surface area (Å²) in [5.41, 5.74) is 3.24. The number of amides is 1. The van der Waals surface area contributed by atoms with Gasteiger partial charge in [0.15, 0.2) is 6.61 Å². The Morgan fingerprint density at radius 3 is 2.74 bits per heavy atom. The van der Waals surface area contributed by atoms with Crippen LogP contribution in [0, 0.1) is 11.3 Å². The van der Waals surface area contributed by atoms with Gasteiger partial charge in [-0.15, -0.1) is 11.3 Å². The third-order valence-electron chi connectivity index (χ3n) is 4.44.